The maximum atomic E-state index is 12.4. The van der Waals surface area contributed by atoms with Crippen molar-refractivity contribution in [3.05, 3.63) is 0 Å². The third kappa shape index (κ3) is 4.82. The summed E-state index contributed by atoms with van der Waals surface area (Å²) in [4.78, 5) is 0. The van der Waals surface area contributed by atoms with Crippen LogP contribution in [0.5, 0.6) is 0 Å². The second-order valence-corrected chi connectivity index (χ2v) is 28.1. The molecule has 0 amide bonds. The van der Waals surface area contributed by atoms with Crippen molar-refractivity contribution in [2.75, 3.05) is 0 Å². The monoisotopic (exact) mass is 622 g/mol. The zero-order valence-corrected chi connectivity index (χ0v) is 26.5. The zero-order chi connectivity index (χ0) is 25.6. The molecule has 4 N–H and O–H groups in total. The molecule has 9 unspecified atom stereocenters. The number of aliphatic hydroxyl groups is 2. The van der Waals surface area contributed by atoms with Crippen LogP contribution in [0, 0.1) is 29.6 Å². The molecule has 6 fully saturated rings. The fourth-order valence-electron chi connectivity index (χ4n) is 11.9. The first kappa shape index (κ1) is 27.8. The minimum atomic E-state index is -2.79. The first-order chi connectivity index (χ1) is 18.0. The van der Waals surface area contributed by atoms with Gasteiger partial charge in [0.05, 0.1) is 0 Å². The van der Waals surface area contributed by atoms with E-state index in [1.54, 1.807) is 0 Å². The molecule has 9 atom stereocenters. The normalized spacial score (nSPS) is 45.2. The van der Waals surface area contributed by atoms with Gasteiger partial charge in [-0.25, -0.2) is 0 Å². The van der Waals surface area contributed by atoms with Crippen molar-refractivity contribution < 1.29 is 10.2 Å². The van der Waals surface area contributed by atoms with Crippen molar-refractivity contribution in [2.24, 2.45) is 35.3 Å². The fraction of sp³-hybridized carbons (Fsp3) is 1.00. The molecular formula is C33H59NO2Sb. The first-order valence-electron chi connectivity index (χ1n) is 17.0. The van der Waals surface area contributed by atoms with Crippen molar-refractivity contribution in [2.45, 2.75) is 169 Å². The molecule has 0 bridgehead atoms. The molecule has 0 spiro atoms. The predicted molar refractivity (Wildman–Crippen MR) is 156 cm³/mol. The van der Waals surface area contributed by atoms with Gasteiger partial charge in [-0.2, -0.15) is 0 Å². The number of nitrogens with two attached hydrogens (primary N) is 1. The van der Waals surface area contributed by atoms with Crippen LogP contribution in [0.15, 0.2) is 0 Å². The summed E-state index contributed by atoms with van der Waals surface area (Å²) in [6.07, 6.45) is 27.8. The van der Waals surface area contributed by atoms with Gasteiger partial charge in [-0.05, 0) is 0 Å². The van der Waals surface area contributed by atoms with Crippen LogP contribution in [0.3, 0.4) is 0 Å². The third-order valence-electron chi connectivity index (χ3n) is 13.3. The summed E-state index contributed by atoms with van der Waals surface area (Å²) >= 11 is -2.79. The molecule has 4 heteroatoms. The molecule has 0 aliphatic heterocycles. The molecule has 0 heterocycles. The molecule has 37 heavy (non-hydrogen) atoms. The molecule has 1 radical (unpaired) electrons. The van der Waals surface area contributed by atoms with Crippen LogP contribution in [0.4, 0.5) is 0 Å². The summed E-state index contributed by atoms with van der Waals surface area (Å²) < 4.78 is 3.83. The Morgan fingerprint density at radius 3 is 1.35 bits per heavy atom. The van der Waals surface area contributed by atoms with Crippen LogP contribution in [0.25, 0.3) is 0 Å². The van der Waals surface area contributed by atoms with Crippen LogP contribution in [0.1, 0.15) is 135 Å². The van der Waals surface area contributed by atoms with E-state index in [1.807, 2.05) is 0 Å². The van der Waals surface area contributed by atoms with Gasteiger partial charge >= 0.3 is 233 Å². The van der Waals surface area contributed by atoms with Crippen LogP contribution in [-0.4, -0.2) is 47.3 Å². The van der Waals surface area contributed by atoms with E-state index in [2.05, 4.69) is 6.92 Å². The number of hydrogen-bond donors (Lipinski definition) is 3. The molecule has 6 aliphatic carbocycles. The Hall–Kier alpha value is 0.698. The summed E-state index contributed by atoms with van der Waals surface area (Å²) in [7, 11) is 0. The van der Waals surface area contributed by atoms with E-state index < -0.39 is 18.8 Å². The van der Waals surface area contributed by atoms with Crippen LogP contribution >= 0.6 is 0 Å². The summed E-state index contributed by atoms with van der Waals surface area (Å²) in [5, 5.41) is 24.5. The molecule has 0 saturated heterocycles. The van der Waals surface area contributed by atoms with Crippen LogP contribution in [0.2, 0.25) is 15.5 Å². The predicted octanol–water partition coefficient (Wildman–Crippen LogP) is 7.95. The Balaban J connectivity index is 1.49. The second kappa shape index (κ2) is 11.9. The van der Waals surface area contributed by atoms with E-state index in [9.17, 15) is 10.2 Å². The Morgan fingerprint density at radius 2 is 0.919 bits per heavy atom. The van der Waals surface area contributed by atoms with Gasteiger partial charge in [-0.1, -0.05) is 0 Å². The van der Waals surface area contributed by atoms with Gasteiger partial charge in [0, 0.05) is 0 Å². The molecule has 213 valence electrons. The van der Waals surface area contributed by atoms with Gasteiger partial charge in [0.2, 0.25) is 0 Å². The molecule has 6 rings (SSSR count). The average Bonchev–Trinajstić information content (AvgIpc) is 2.95. The van der Waals surface area contributed by atoms with Gasteiger partial charge in [-0.3, -0.25) is 0 Å². The first-order valence-corrected chi connectivity index (χ1v) is 22.9. The van der Waals surface area contributed by atoms with Gasteiger partial charge in [0.15, 0.2) is 0 Å². The van der Waals surface area contributed by atoms with Gasteiger partial charge < -0.3 is 0 Å². The number of rotatable bonds is 4. The fourth-order valence-corrected chi connectivity index (χ4v) is 37.2. The Kier molecular flexibility index (Phi) is 8.95. The van der Waals surface area contributed by atoms with E-state index in [1.165, 1.54) is 116 Å². The molecular weight excluding hydrogens is 564 g/mol. The quantitative estimate of drug-likeness (QED) is 0.279. The average molecular weight is 624 g/mol. The maximum absolute atomic E-state index is 12.4. The van der Waals surface area contributed by atoms with Crippen molar-refractivity contribution in [3.63, 3.8) is 0 Å². The van der Waals surface area contributed by atoms with Crippen LogP contribution in [-0.2, 0) is 0 Å². The molecule has 0 aromatic rings. The Labute approximate surface area is 232 Å². The van der Waals surface area contributed by atoms with Gasteiger partial charge in [0.1, 0.15) is 0 Å². The zero-order valence-electron chi connectivity index (χ0n) is 24.0. The van der Waals surface area contributed by atoms with E-state index in [0.29, 0.717) is 23.7 Å². The second-order valence-electron chi connectivity index (χ2n) is 14.9. The van der Waals surface area contributed by atoms with Crippen molar-refractivity contribution in [3.8, 4) is 0 Å². The Morgan fingerprint density at radius 1 is 0.541 bits per heavy atom. The summed E-state index contributed by atoms with van der Waals surface area (Å²) in [5.74, 6) is 1.57. The standard InChI is InChI=1S/C15H26NO2.3C6H11.Sb/c1-8-6-7-11-12(13(8)16)15(18)10-5-3-2-4-9(10)14(11)17;3*1-2-4-6-5-3-1;/h7-15,17-18H,2-6,16H2,1H3;3*1H,2-6H2;. The van der Waals surface area contributed by atoms with Gasteiger partial charge in [0.25, 0.3) is 0 Å². The van der Waals surface area contributed by atoms with E-state index in [-0.39, 0.29) is 24.2 Å². The van der Waals surface area contributed by atoms with Crippen molar-refractivity contribution in [1.82, 2.24) is 0 Å². The summed E-state index contributed by atoms with van der Waals surface area (Å²) in [5.41, 5.74) is 7.10. The van der Waals surface area contributed by atoms with Crippen LogP contribution < -0.4 is 5.73 Å². The number of aliphatic hydroxyl groups excluding tert-OH is 2. The number of fused-ring (bicyclic) bond motifs is 2. The Bertz CT molecular complexity index is 697. The molecule has 3 nitrogen and oxygen atoms in total. The minimum absolute atomic E-state index is 0.0695. The topological polar surface area (TPSA) is 66.5 Å². The third-order valence-corrected chi connectivity index (χ3v) is 33.5. The van der Waals surface area contributed by atoms with E-state index >= 15 is 0 Å². The SMILES string of the molecule is CC1C[CH]([Sb]([CH]2CCCCC2)([CH]2CCCCC2)[CH]2CCCCC2)C2C(O)C3CCCCC3C(O)C2C1N. The number of hydrogen-bond acceptors (Lipinski definition) is 3. The summed E-state index contributed by atoms with van der Waals surface area (Å²) in [6.45, 7) is 2.44. The van der Waals surface area contributed by atoms with Crippen molar-refractivity contribution in [1.29, 1.82) is 0 Å². The van der Waals surface area contributed by atoms with E-state index in [0.717, 1.165) is 28.3 Å². The molecule has 6 saturated carbocycles. The molecule has 0 aromatic carbocycles. The van der Waals surface area contributed by atoms with Gasteiger partial charge in [-0.15, -0.1) is 0 Å². The molecule has 6 aliphatic rings. The summed E-state index contributed by atoms with van der Waals surface area (Å²) in [6, 6.07) is 0.0695. The van der Waals surface area contributed by atoms with Crippen molar-refractivity contribution >= 4 is 18.8 Å². The molecule has 0 aromatic heterocycles. The van der Waals surface area contributed by atoms with E-state index in [4.69, 9.17) is 5.73 Å².